The lowest BCUT2D eigenvalue weighted by molar-refractivity contribution is 0.468. The van der Waals surface area contributed by atoms with Crippen molar-refractivity contribution in [2.24, 2.45) is 16.8 Å². The molecule has 0 radical (unpaired) electrons. The second-order valence-corrected chi connectivity index (χ2v) is 6.41. The molecule has 2 unspecified atom stereocenters. The zero-order chi connectivity index (χ0) is 16.3. The van der Waals surface area contributed by atoms with Gasteiger partial charge in [0.1, 0.15) is 5.83 Å². The molecule has 0 heterocycles. The number of halogens is 1. The molecular weight excluding hydrogens is 273 g/mol. The van der Waals surface area contributed by atoms with Gasteiger partial charge in [-0.25, -0.2) is 4.39 Å². The first-order chi connectivity index (χ1) is 10.4. The fourth-order valence-corrected chi connectivity index (χ4v) is 3.37. The van der Waals surface area contributed by atoms with Gasteiger partial charge < -0.3 is 0 Å². The minimum absolute atomic E-state index is 0.412. The average Bonchev–Trinajstić information content (AvgIpc) is 2.80. The summed E-state index contributed by atoms with van der Waals surface area (Å²) in [5, 5.41) is 0. The van der Waals surface area contributed by atoms with Crippen molar-refractivity contribution in [3.05, 3.63) is 47.8 Å². The summed E-state index contributed by atoms with van der Waals surface area (Å²) in [5.41, 5.74) is 5.42. The van der Waals surface area contributed by atoms with Crippen molar-refractivity contribution in [3.63, 3.8) is 0 Å². The zero-order valence-electron chi connectivity index (χ0n) is 14.1. The molecule has 2 rings (SSSR count). The second-order valence-electron chi connectivity index (χ2n) is 6.41. The molecule has 1 aliphatic carbocycles. The van der Waals surface area contributed by atoms with Crippen molar-refractivity contribution in [1.29, 1.82) is 0 Å². The molecule has 1 aromatic carbocycles. The lowest BCUT2D eigenvalue weighted by atomic mass is 9.94. The third kappa shape index (κ3) is 3.73. The van der Waals surface area contributed by atoms with Gasteiger partial charge in [0.2, 0.25) is 0 Å². The summed E-state index contributed by atoms with van der Waals surface area (Å²) in [5.74, 6) is 0.949. The summed E-state index contributed by atoms with van der Waals surface area (Å²) in [6, 6.07) is 6.14. The maximum absolute atomic E-state index is 12.9. The summed E-state index contributed by atoms with van der Waals surface area (Å²) >= 11 is 0. The Morgan fingerprint density at radius 2 is 2.18 bits per heavy atom. The maximum atomic E-state index is 12.9. The predicted octanol–water partition coefficient (Wildman–Crippen LogP) is 6.41. The Morgan fingerprint density at radius 1 is 1.45 bits per heavy atom. The molecule has 0 N–H and O–H groups in total. The monoisotopic (exact) mass is 299 g/mol. The van der Waals surface area contributed by atoms with E-state index >= 15 is 0 Å². The smallest absolute Gasteiger partial charge is 0.116 e. The molecule has 1 aliphatic rings. The Morgan fingerprint density at radius 3 is 2.77 bits per heavy atom. The van der Waals surface area contributed by atoms with E-state index < -0.39 is 5.83 Å². The molecule has 1 saturated carbocycles. The van der Waals surface area contributed by atoms with E-state index in [0.29, 0.717) is 5.92 Å². The summed E-state index contributed by atoms with van der Waals surface area (Å²) < 4.78 is 12.9. The molecule has 0 spiro atoms. The third-order valence-electron chi connectivity index (χ3n) is 4.70. The molecule has 1 aromatic rings. The van der Waals surface area contributed by atoms with E-state index in [4.69, 9.17) is 4.99 Å². The third-order valence-corrected chi connectivity index (χ3v) is 4.70. The van der Waals surface area contributed by atoms with E-state index in [1.807, 2.05) is 19.1 Å². The maximum Gasteiger partial charge on any atom is 0.116 e. The van der Waals surface area contributed by atoms with Crippen molar-refractivity contribution >= 4 is 17.0 Å². The summed E-state index contributed by atoms with van der Waals surface area (Å²) in [6.45, 7) is 11.8. The number of rotatable bonds is 4. The van der Waals surface area contributed by atoms with E-state index in [1.54, 1.807) is 0 Å². The summed E-state index contributed by atoms with van der Waals surface area (Å²) in [4.78, 5) is 4.93. The number of aryl methyl sites for hydroxylation is 1. The van der Waals surface area contributed by atoms with Gasteiger partial charge in [0.25, 0.3) is 0 Å². The first kappa shape index (κ1) is 16.7. The molecule has 2 heteroatoms. The van der Waals surface area contributed by atoms with Crippen LogP contribution in [0.1, 0.15) is 51.2 Å². The van der Waals surface area contributed by atoms with Crippen LogP contribution in [0.3, 0.4) is 0 Å². The highest BCUT2D eigenvalue weighted by atomic mass is 19.1. The fraction of sp³-hybridized carbons (Fsp3) is 0.450. The second kappa shape index (κ2) is 7.04. The van der Waals surface area contributed by atoms with Crippen LogP contribution in [-0.2, 0) is 0 Å². The van der Waals surface area contributed by atoms with Gasteiger partial charge in [0, 0.05) is 5.71 Å². The average molecular weight is 299 g/mol. The van der Waals surface area contributed by atoms with Crippen molar-refractivity contribution in [3.8, 4) is 0 Å². The van der Waals surface area contributed by atoms with Gasteiger partial charge in [0.15, 0.2) is 0 Å². The Bertz CT molecular complexity index is 625. The van der Waals surface area contributed by atoms with Crippen LogP contribution in [0.5, 0.6) is 0 Å². The Labute approximate surface area is 133 Å². The predicted molar refractivity (Wildman–Crippen MR) is 94.4 cm³/mol. The highest BCUT2D eigenvalue weighted by molar-refractivity contribution is 5.91. The molecular formula is C20H26FN. The molecule has 0 amide bonds. The normalized spacial score (nSPS) is 24.0. The lowest BCUT2D eigenvalue weighted by Crippen LogP contribution is -2.11. The number of hydrogen-bond acceptors (Lipinski definition) is 1. The van der Waals surface area contributed by atoms with Gasteiger partial charge in [-0.1, -0.05) is 26.5 Å². The largest absolute Gasteiger partial charge is 0.257 e. The van der Waals surface area contributed by atoms with E-state index in [9.17, 15) is 4.39 Å². The van der Waals surface area contributed by atoms with Crippen LogP contribution in [0, 0.1) is 18.8 Å². The highest BCUT2D eigenvalue weighted by Crippen LogP contribution is 2.34. The molecule has 1 fully saturated rings. The first-order valence-electron chi connectivity index (χ1n) is 8.13. The fourth-order valence-electron chi connectivity index (χ4n) is 3.37. The van der Waals surface area contributed by atoms with Crippen molar-refractivity contribution in [2.45, 2.75) is 47.0 Å². The van der Waals surface area contributed by atoms with E-state index in [1.165, 1.54) is 18.2 Å². The molecule has 22 heavy (non-hydrogen) atoms. The van der Waals surface area contributed by atoms with Crippen LogP contribution in [0.2, 0.25) is 0 Å². The Hall–Kier alpha value is -1.70. The van der Waals surface area contributed by atoms with Crippen LogP contribution in [0.15, 0.2) is 41.7 Å². The van der Waals surface area contributed by atoms with E-state index in [2.05, 4.69) is 33.4 Å². The van der Waals surface area contributed by atoms with Crippen LogP contribution < -0.4 is 0 Å². The highest BCUT2D eigenvalue weighted by Gasteiger charge is 2.28. The van der Waals surface area contributed by atoms with Crippen molar-refractivity contribution in [2.75, 3.05) is 0 Å². The van der Waals surface area contributed by atoms with Crippen molar-refractivity contribution in [1.82, 2.24) is 0 Å². The standard InChI is InChI=1S/C20H26FN/c1-6-18-13(2)7-9-20(18)22-19-10-8-17(12-15(19)4)14(3)11-16(5)21/h8,10-13,18H,5-7,9H2,1-4H3/b14-11+,22-20?. The van der Waals surface area contributed by atoms with Gasteiger partial charge in [-0.15, -0.1) is 0 Å². The van der Waals surface area contributed by atoms with Crippen LogP contribution in [0.25, 0.3) is 5.57 Å². The number of hydrogen-bond donors (Lipinski definition) is 0. The van der Waals surface area contributed by atoms with Gasteiger partial charge in [0.05, 0.1) is 5.69 Å². The van der Waals surface area contributed by atoms with Crippen LogP contribution in [-0.4, -0.2) is 5.71 Å². The van der Waals surface area contributed by atoms with E-state index in [-0.39, 0.29) is 0 Å². The van der Waals surface area contributed by atoms with Crippen LogP contribution >= 0.6 is 0 Å². The van der Waals surface area contributed by atoms with Gasteiger partial charge in [-0.05, 0) is 79.9 Å². The van der Waals surface area contributed by atoms with Crippen molar-refractivity contribution < 1.29 is 4.39 Å². The Kier molecular flexibility index (Phi) is 5.33. The number of allylic oxidation sites excluding steroid dienone is 3. The van der Waals surface area contributed by atoms with Gasteiger partial charge >= 0.3 is 0 Å². The molecule has 1 nitrogen and oxygen atoms in total. The zero-order valence-corrected chi connectivity index (χ0v) is 14.1. The number of nitrogens with zero attached hydrogens (tertiary/aromatic N) is 1. The lowest BCUT2D eigenvalue weighted by Gasteiger charge is -2.14. The topological polar surface area (TPSA) is 12.4 Å². The molecule has 2 atom stereocenters. The summed E-state index contributed by atoms with van der Waals surface area (Å²) in [6.07, 6.45) is 4.99. The molecule has 118 valence electrons. The quantitative estimate of drug-likeness (QED) is 0.570. The van der Waals surface area contributed by atoms with Gasteiger partial charge in [-0.3, -0.25) is 4.99 Å². The SMILES string of the molecule is C=C(F)/C=C(\C)c1ccc(N=C2CCC(C)C2CC)c(C)c1. The minimum Gasteiger partial charge on any atom is -0.257 e. The van der Waals surface area contributed by atoms with Gasteiger partial charge in [-0.2, -0.15) is 0 Å². The Balaban J connectivity index is 2.29. The molecule has 0 aliphatic heterocycles. The molecule has 0 bridgehead atoms. The molecule has 0 aromatic heterocycles. The van der Waals surface area contributed by atoms with E-state index in [0.717, 1.165) is 41.1 Å². The summed E-state index contributed by atoms with van der Waals surface area (Å²) in [7, 11) is 0. The number of benzene rings is 1. The first-order valence-corrected chi connectivity index (χ1v) is 8.13. The number of aliphatic imine (C=N–C) groups is 1. The molecule has 0 saturated heterocycles. The minimum atomic E-state index is -0.412. The van der Waals surface area contributed by atoms with Crippen LogP contribution in [0.4, 0.5) is 10.1 Å².